The summed E-state index contributed by atoms with van der Waals surface area (Å²) >= 11 is 6.30. The molecule has 3 rings (SSSR count). The number of amides is 1. The summed E-state index contributed by atoms with van der Waals surface area (Å²) < 4.78 is 23.8. The van der Waals surface area contributed by atoms with E-state index >= 15 is 0 Å². The summed E-state index contributed by atoms with van der Waals surface area (Å²) in [6.07, 6.45) is 1.38. The fourth-order valence-corrected chi connectivity index (χ4v) is 6.10. The van der Waals surface area contributed by atoms with E-state index in [1.807, 2.05) is 43.0 Å². The van der Waals surface area contributed by atoms with Crippen LogP contribution in [0.3, 0.4) is 0 Å². The second-order valence-electron chi connectivity index (χ2n) is 7.83. The fraction of sp³-hybridized carbons (Fsp3) is 0.650. The molecule has 0 saturated carbocycles. The molecule has 2 fully saturated rings. The minimum atomic E-state index is -3.02. The number of sulfone groups is 1. The van der Waals surface area contributed by atoms with E-state index in [0.717, 1.165) is 43.3 Å². The molecule has 0 radical (unpaired) electrons. The highest BCUT2D eigenvalue weighted by Crippen LogP contribution is 2.26. The first-order chi connectivity index (χ1) is 13.3. The van der Waals surface area contributed by atoms with Crippen molar-refractivity contribution in [2.45, 2.75) is 38.8 Å². The summed E-state index contributed by atoms with van der Waals surface area (Å²) in [5, 5.41) is 0.748. The van der Waals surface area contributed by atoms with Crippen LogP contribution in [-0.2, 0) is 14.6 Å². The number of nitrogens with zero attached hydrogens (tertiary/aromatic N) is 3. The van der Waals surface area contributed by atoms with Gasteiger partial charge < -0.3 is 9.80 Å². The first-order valence-corrected chi connectivity index (χ1v) is 12.2. The Bertz CT molecular complexity index is 794. The molecular formula is C20H30ClN3O3S. The molecule has 28 heavy (non-hydrogen) atoms. The van der Waals surface area contributed by atoms with Gasteiger partial charge in [0.05, 0.1) is 28.8 Å². The molecule has 1 aromatic rings. The molecule has 0 unspecified atom stereocenters. The number of hydrogen-bond acceptors (Lipinski definition) is 5. The third-order valence-corrected chi connectivity index (χ3v) is 7.95. The smallest absolute Gasteiger partial charge is 0.237 e. The molecule has 2 aliphatic heterocycles. The predicted octanol–water partition coefficient (Wildman–Crippen LogP) is 2.28. The molecule has 0 bridgehead atoms. The third kappa shape index (κ3) is 4.99. The SMILES string of the molecule is CC[C@H](C)N(C(=O)CN1CCN(c2ccccc2Cl)CC1)[C@H]1CCS(=O)(=O)C1. The number of anilines is 1. The molecule has 0 spiro atoms. The van der Waals surface area contributed by atoms with Crippen LogP contribution in [0.15, 0.2) is 24.3 Å². The highest BCUT2D eigenvalue weighted by molar-refractivity contribution is 7.91. The number of carbonyl (C=O) groups excluding carboxylic acids is 1. The van der Waals surface area contributed by atoms with Gasteiger partial charge in [-0.2, -0.15) is 0 Å². The van der Waals surface area contributed by atoms with Crippen molar-refractivity contribution < 1.29 is 13.2 Å². The highest BCUT2D eigenvalue weighted by atomic mass is 35.5. The van der Waals surface area contributed by atoms with Crippen molar-refractivity contribution >= 4 is 33.0 Å². The van der Waals surface area contributed by atoms with E-state index in [-0.39, 0.29) is 29.5 Å². The van der Waals surface area contributed by atoms with E-state index < -0.39 is 9.84 Å². The molecule has 0 aromatic heterocycles. The maximum atomic E-state index is 13.1. The number of piperazine rings is 1. The largest absolute Gasteiger partial charge is 0.368 e. The van der Waals surface area contributed by atoms with Crippen molar-refractivity contribution in [1.29, 1.82) is 0 Å². The normalized spacial score (nSPS) is 23.5. The summed E-state index contributed by atoms with van der Waals surface area (Å²) in [5.41, 5.74) is 1.03. The summed E-state index contributed by atoms with van der Waals surface area (Å²) in [4.78, 5) is 19.3. The molecule has 0 N–H and O–H groups in total. The molecule has 2 atom stereocenters. The summed E-state index contributed by atoms with van der Waals surface area (Å²) in [6.45, 7) is 7.60. The monoisotopic (exact) mass is 427 g/mol. The zero-order valence-corrected chi connectivity index (χ0v) is 18.3. The van der Waals surface area contributed by atoms with Crippen molar-refractivity contribution in [2.24, 2.45) is 0 Å². The van der Waals surface area contributed by atoms with E-state index in [2.05, 4.69) is 9.80 Å². The number of para-hydroxylation sites is 1. The van der Waals surface area contributed by atoms with E-state index in [0.29, 0.717) is 13.0 Å². The summed E-state index contributed by atoms with van der Waals surface area (Å²) in [7, 11) is -3.02. The molecule has 1 amide bonds. The van der Waals surface area contributed by atoms with Gasteiger partial charge in [-0.15, -0.1) is 0 Å². The zero-order chi connectivity index (χ0) is 20.3. The van der Waals surface area contributed by atoms with Crippen molar-refractivity contribution in [3.63, 3.8) is 0 Å². The second kappa shape index (κ2) is 9.01. The van der Waals surface area contributed by atoms with Crippen LogP contribution in [0.2, 0.25) is 5.02 Å². The number of halogens is 1. The fourth-order valence-electron chi connectivity index (χ4n) is 4.13. The van der Waals surface area contributed by atoms with E-state index in [4.69, 9.17) is 11.6 Å². The molecule has 6 nitrogen and oxygen atoms in total. The topological polar surface area (TPSA) is 60.9 Å². The van der Waals surface area contributed by atoms with E-state index in [1.54, 1.807) is 0 Å². The van der Waals surface area contributed by atoms with E-state index in [9.17, 15) is 13.2 Å². The maximum absolute atomic E-state index is 13.1. The van der Waals surface area contributed by atoms with Crippen LogP contribution in [-0.4, -0.2) is 80.4 Å². The van der Waals surface area contributed by atoms with Crippen molar-refractivity contribution in [3.8, 4) is 0 Å². The highest BCUT2D eigenvalue weighted by Gasteiger charge is 2.37. The molecular weight excluding hydrogens is 398 g/mol. The van der Waals surface area contributed by atoms with Crippen LogP contribution in [0.5, 0.6) is 0 Å². The minimum Gasteiger partial charge on any atom is -0.368 e. The molecule has 8 heteroatoms. The lowest BCUT2D eigenvalue weighted by Gasteiger charge is -2.39. The van der Waals surface area contributed by atoms with Gasteiger partial charge in [0.25, 0.3) is 0 Å². The second-order valence-corrected chi connectivity index (χ2v) is 10.5. The molecule has 2 saturated heterocycles. The van der Waals surface area contributed by atoms with Gasteiger partial charge in [-0.05, 0) is 31.9 Å². The molecule has 156 valence electrons. The minimum absolute atomic E-state index is 0.0441. The lowest BCUT2D eigenvalue weighted by molar-refractivity contribution is -0.136. The van der Waals surface area contributed by atoms with Gasteiger partial charge in [0, 0.05) is 38.3 Å². The van der Waals surface area contributed by atoms with Gasteiger partial charge in [0.15, 0.2) is 9.84 Å². The average Bonchev–Trinajstić information content (AvgIpc) is 3.02. The quantitative estimate of drug-likeness (QED) is 0.697. The first-order valence-electron chi connectivity index (χ1n) is 10.0. The zero-order valence-electron chi connectivity index (χ0n) is 16.7. The standard InChI is InChI=1S/C20H30ClN3O3S/c1-3-16(2)24(17-8-13-28(26,27)15-17)20(25)14-22-9-11-23(12-10-22)19-7-5-4-6-18(19)21/h4-7,16-17H,3,8-15H2,1-2H3/t16-,17-/m0/s1. The number of benzene rings is 1. The molecule has 2 aliphatic rings. The van der Waals surface area contributed by atoms with Gasteiger partial charge in [0.2, 0.25) is 5.91 Å². The lowest BCUT2D eigenvalue weighted by Crippen LogP contribution is -2.53. The Morgan fingerprint density at radius 2 is 1.93 bits per heavy atom. The lowest BCUT2D eigenvalue weighted by atomic mass is 10.1. The Morgan fingerprint density at radius 1 is 1.25 bits per heavy atom. The van der Waals surface area contributed by atoms with Crippen LogP contribution >= 0.6 is 11.6 Å². The molecule has 0 aliphatic carbocycles. The van der Waals surface area contributed by atoms with Crippen molar-refractivity contribution in [3.05, 3.63) is 29.3 Å². The predicted molar refractivity (Wildman–Crippen MR) is 114 cm³/mol. The van der Waals surface area contributed by atoms with Gasteiger partial charge in [-0.3, -0.25) is 9.69 Å². The molecule has 1 aromatic carbocycles. The van der Waals surface area contributed by atoms with Crippen LogP contribution in [0, 0.1) is 0 Å². The number of hydrogen-bond donors (Lipinski definition) is 0. The van der Waals surface area contributed by atoms with Gasteiger partial charge in [-0.25, -0.2) is 8.42 Å². The van der Waals surface area contributed by atoms with E-state index in [1.165, 1.54) is 0 Å². The van der Waals surface area contributed by atoms with Crippen LogP contribution < -0.4 is 4.90 Å². The first kappa shape index (κ1) is 21.4. The van der Waals surface area contributed by atoms with Gasteiger partial charge in [-0.1, -0.05) is 30.7 Å². The van der Waals surface area contributed by atoms with Crippen LogP contribution in [0.25, 0.3) is 0 Å². The number of rotatable bonds is 6. The Labute approximate surface area is 173 Å². The summed E-state index contributed by atoms with van der Waals surface area (Å²) in [6, 6.07) is 7.69. The van der Waals surface area contributed by atoms with Crippen LogP contribution in [0.1, 0.15) is 26.7 Å². The summed E-state index contributed by atoms with van der Waals surface area (Å²) in [5.74, 6) is 0.334. The van der Waals surface area contributed by atoms with Gasteiger partial charge >= 0.3 is 0 Å². The third-order valence-electron chi connectivity index (χ3n) is 5.88. The molecule has 2 heterocycles. The van der Waals surface area contributed by atoms with Crippen LogP contribution in [0.4, 0.5) is 5.69 Å². The van der Waals surface area contributed by atoms with Gasteiger partial charge in [0.1, 0.15) is 0 Å². The average molecular weight is 428 g/mol. The Hall–Kier alpha value is -1.31. The van der Waals surface area contributed by atoms with Crippen molar-refractivity contribution in [2.75, 3.05) is 49.1 Å². The number of carbonyl (C=O) groups is 1. The Kier molecular flexibility index (Phi) is 6.89. The Morgan fingerprint density at radius 3 is 2.50 bits per heavy atom. The Balaban J connectivity index is 1.59. The van der Waals surface area contributed by atoms with Crippen molar-refractivity contribution in [1.82, 2.24) is 9.80 Å². The maximum Gasteiger partial charge on any atom is 0.237 e.